The summed E-state index contributed by atoms with van der Waals surface area (Å²) in [6, 6.07) is 19.6. The highest BCUT2D eigenvalue weighted by Gasteiger charge is 2.15. The largest absolute Gasteiger partial charge is 0.244 e. The van der Waals surface area contributed by atoms with Crippen molar-refractivity contribution in [3.63, 3.8) is 0 Å². The van der Waals surface area contributed by atoms with E-state index in [2.05, 4.69) is 70.3 Å². The molecular weight excluding hydrogens is 304 g/mol. The lowest BCUT2D eigenvalue weighted by Gasteiger charge is -2.22. The van der Waals surface area contributed by atoms with Crippen molar-refractivity contribution in [2.75, 3.05) is 0 Å². The van der Waals surface area contributed by atoms with Crippen LogP contribution in [0.15, 0.2) is 73.2 Å². The molecule has 0 atom stereocenters. The zero-order chi connectivity index (χ0) is 16.9. The number of aromatic nitrogens is 2. The van der Waals surface area contributed by atoms with Gasteiger partial charge in [-0.1, -0.05) is 73.9 Å². The van der Waals surface area contributed by atoms with Crippen molar-refractivity contribution in [2.45, 2.75) is 44.6 Å². The first-order valence-corrected chi connectivity index (χ1v) is 9.38. The number of rotatable bonds is 4. The summed E-state index contributed by atoms with van der Waals surface area (Å²) in [5.74, 6) is 0.759. The van der Waals surface area contributed by atoms with Gasteiger partial charge in [0.15, 0.2) is 18.9 Å². The zero-order valence-electron chi connectivity index (χ0n) is 14.6. The molecule has 0 unspecified atom stereocenters. The minimum absolute atomic E-state index is 0.759. The average Bonchev–Trinajstić information content (AvgIpc) is 2.70. The third kappa shape index (κ3) is 3.96. The van der Waals surface area contributed by atoms with Gasteiger partial charge in [-0.15, -0.1) is 0 Å². The lowest BCUT2D eigenvalue weighted by molar-refractivity contribution is -0.688. The summed E-state index contributed by atoms with van der Waals surface area (Å²) in [5.41, 5.74) is 5.03. The Bertz CT molecular complexity index is 803. The van der Waals surface area contributed by atoms with E-state index in [1.807, 2.05) is 12.4 Å². The van der Waals surface area contributed by atoms with E-state index in [-0.39, 0.29) is 0 Å². The molecule has 0 aliphatic heterocycles. The summed E-state index contributed by atoms with van der Waals surface area (Å²) in [4.78, 5) is 4.57. The average molecular weight is 329 g/mol. The minimum Gasteiger partial charge on any atom is -0.244 e. The maximum absolute atomic E-state index is 4.57. The Labute approximate surface area is 150 Å². The third-order valence-electron chi connectivity index (χ3n) is 5.25. The van der Waals surface area contributed by atoms with Gasteiger partial charge in [-0.3, -0.25) is 0 Å². The standard InChI is InChI=1S/C23H25N2/c1-3-7-19(8-4-1)17-25-16-15-24-23(18-25)22-13-11-21(12-14-22)20-9-5-2-6-10-20/h1,3-4,7-8,11-16,18,20H,2,5-6,9-10,17H2/q+1. The molecule has 0 bridgehead atoms. The molecule has 0 saturated heterocycles. The molecule has 0 N–H and O–H groups in total. The normalized spacial score (nSPS) is 15.2. The second-order valence-corrected chi connectivity index (χ2v) is 7.06. The van der Waals surface area contributed by atoms with E-state index in [0.29, 0.717) is 0 Å². The van der Waals surface area contributed by atoms with Crippen LogP contribution < -0.4 is 4.57 Å². The molecule has 1 fully saturated rings. The van der Waals surface area contributed by atoms with Crippen LogP contribution >= 0.6 is 0 Å². The van der Waals surface area contributed by atoms with Crippen molar-refractivity contribution in [3.05, 3.63) is 84.3 Å². The number of benzene rings is 2. The fourth-order valence-corrected chi connectivity index (χ4v) is 3.84. The predicted molar refractivity (Wildman–Crippen MR) is 101 cm³/mol. The molecule has 4 rings (SSSR count). The lowest BCUT2D eigenvalue weighted by Crippen LogP contribution is -2.33. The molecule has 0 radical (unpaired) electrons. The van der Waals surface area contributed by atoms with E-state index in [1.54, 1.807) is 0 Å². The second-order valence-electron chi connectivity index (χ2n) is 7.06. The highest BCUT2D eigenvalue weighted by atomic mass is 15.0. The Balaban J connectivity index is 1.52. The summed E-state index contributed by atoms with van der Waals surface area (Å²) in [7, 11) is 0. The van der Waals surface area contributed by atoms with Gasteiger partial charge in [0.2, 0.25) is 0 Å². The second kappa shape index (κ2) is 7.60. The topological polar surface area (TPSA) is 16.8 Å². The Morgan fingerprint density at radius 3 is 2.40 bits per heavy atom. The lowest BCUT2D eigenvalue weighted by atomic mass is 9.84. The minimum atomic E-state index is 0.759. The summed E-state index contributed by atoms with van der Waals surface area (Å²) in [6.07, 6.45) is 12.9. The highest BCUT2D eigenvalue weighted by Crippen LogP contribution is 2.33. The smallest absolute Gasteiger partial charge is 0.195 e. The van der Waals surface area contributed by atoms with Gasteiger partial charge in [0.05, 0.1) is 6.20 Å². The third-order valence-corrected chi connectivity index (χ3v) is 5.25. The predicted octanol–water partition coefficient (Wildman–Crippen LogP) is 5.13. The summed E-state index contributed by atoms with van der Waals surface area (Å²) in [5, 5.41) is 0. The molecule has 1 heterocycles. The molecule has 2 aromatic carbocycles. The number of nitrogens with zero attached hydrogens (tertiary/aromatic N) is 2. The molecule has 1 aromatic heterocycles. The molecule has 25 heavy (non-hydrogen) atoms. The Morgan fingerprint density at radius 2 is 1.64 bits per heavy atom. The molecule has 1 saturated carbocycles. The first-order valence-electron chi connectivity index (χ1n) is 9.38. The van der Waals surface area contributed by atoms with Crippen LogP contribution in [0.5, 0.6) is 0 Å². The molecule has 0 amide bonds. The van der Waals surface area contributed by atoms with Gasteiger partial charge in [0.1, 0.15) is 5.69 Å². The van der Waals surface area contributed by atoms with Gasteiger partial charge in [-0.2, -0.15) is 4.57 Å². The van der Waals surface area contributed by atoms with Crippen molar-refractivity contribution in [1.29, 1.82) is 0 Å². The Kier molecular flexibility index (Phi) is 4.87. The molecule has 0 spiro atoms. The summed E-state index contributed by atoms with van der Waals surface area (Å²) >= 11 is 0. The molecule has 3 aromatic rings. The quantitative estimate of drug-likeness (QED) is 0.606. The van der Waals surface area contributed by atoms with Crippen molar-refractivity contribution in [2.24, 2.45) is 0 Å². The van der Waals surface area contributed by atoms with Crippen LogP contribution in [0, 0.1) is 0 Å². The van der Waals surface area contributed by atoms with E-state index in [4.69, 9.17) is 0 Å². The first-order chi connectivity index (χ1) is 12.4. The van der Waals surface area contributed by atoms with Gasteiger partial charge < -0.3 is 0 Å². The van der Waals surface area contributed by atoms with Crippen molar-refractivity contribution in [3.8, 4) is 11.3 Å². The number of hydrogen-bond donors (Lipinski definition) is 0. The van der Waals surface area contributed by atoms with Crippen molar-refractivity contribution in [1.82, 2.24) is 4.98 Å². The maximum Gasteiger partial charge on any atom is 0.195 e. The fourth-order valence-electron chi connectivity index (χ4n) is 3.84. The van der Waals surface area contributed by atoms with Crippen LogP contribution in [0.4, 0.5) is 0 Å². The zero-order valence-corrected chi connectivity index (χ0v) is 14.6. The molecule has 126 valence electrons. The van der Waals surface area contributed by atoms with Crippen LogP contribution in [-0.4, -0.2) is 4.98 Å². The van der Waals surface area contributed by atoms with E-state index >= 15 is 0 Å². The Hall–Kier alpha value is -2.48. The van der Waals surface area contributed by atoms with E-state index in [1.165, 1.54) is 48.8 Å². The number of hydrogen-bond acceptors (Lipinski definition) is 1. The fraction of sp³-hybridized carbons (Fsp3) is 0.304. The highest BCUT2D eigenvalue weighted by molar-refractivity contribution is 5.57. The van der Waals surface area contributed by atoms with Gasteiger partial charge in [0.25, 0.3) is 0 Å². The van der Waals surface area contributed by atoms with Crippen LogP contribution in [-0.2, 0) is 6.54 Å². The Morgan fingerprint density at radius 1 is 0.880 bits per heavy atom. The monoisotopic (exact) mass is 329 g/mol. The molecule has 1 aliphatic rings. The van der Waals surface area contributed by atoms with Gasteiger partial charge in [0, 0.05) is 11.1 Å². The SMILES string of the molecule is c1ccc(C[n+]2ccnc(-c3ccc(C4CCCCC4)cc3)c2)cc1. The summed E-state index contributed by atoms with van der Waals surface area (Å²) < 4.78 is 2.20. The molecule has 2 heteroatoms. The van der Waals surface area contributed by atoms with E-state index < -0.39 is 0 Å². The van der Waals surface area contributed by atoms with Gasteiger partial charge in [-0.25, -0.2) is 4.98 Å². The molecule has 2 nitrogen and oxygen atoms in total. The van der Waals surface area contributed by atoms with Crippen LogP contribution in [0.2, 0.25) is 0 Å². The van der Waals surface area contributed by atoms with Crippen molar-refractivity contribution >= 4 is 0 Å². The van der Waals surface area contributed by atoms with Gasteiger partial charge >= 0.3 is 0 Å². The van der Waals surface area contributed by atoms with E-state index in [9.17, 15) is 0 Å². The maximum atomic E-state index is 4.57. The van der Waals surface area contributed by atoms with Crippen LogP contribution in [0.3, 0.4) is 0 Å². The van der Waals surface area contributed by atoms with E-state index in [0.717, 1.165) is 18.2 Å². The molecule has 1 aliphatic carbocycles. The van der Waals surface area contributed by atoms with Crippen molar-refractivity contribution < 1.29 is 4.57 Å². The van der Waals surface area contributed by atoms with Gasteiger partial charge in [-0.05, 0) is 24.3 Å². The molecular formula is C23H25N2+. The first kappa shape index (κ1) is 16.0. The van der Waals surface area contributed by atoms with Crippen LogP contribution in [0.25, 0.3) is 11.3 Å². The van der Waals surface area contributed by atoms with Crippen LogP contribution in [0.1, 0.15) is 49.1 Å². The summed E-state index contributed by atoms with van der Waals surface area (Å²) in [6.45, 7) is 0.872.